The maximum Gasteiger partial charge on any atom is 0.380 e. The third kappa shape index (κ3) is 6.72. The van der Waals surface area contributed by atoms with Crippen LogP contribution in [0.3, 0.4) is 0 Å². The Balaban J connectivity index is 1.28. The summed E-state index contributed by atoms with van der Waals surface area (Å²) in [6.45, 7) is 14.5. The fourth-order valence-corrected chi connectivity index (χ4v) is 7.84. The van der Waals surface area contributed by atoms with Gasteiger partial charge in [-0.15, -0.1) is 0 Å². The van der Waals surface area contributed by atoms with Crippen LogP contribution in [0.4, 0.5) is 37.7 Å². The lowest BCUT2D eigenvalue weighted by atomic mass is 9.91. The van der Waals surface area contributed by atoms with Gasteiger partial charge in [0.05, 0.1) is 0 Å². The largest absolute Gasteiger partial charge is 0.461 e. The second kappa shape index (κ2) is 15.0. The molecule has 0 fully saturated rings. The molecule has 0 spiro atoms. The Hall–Kier alpha value is -5.64. The van der Waals surface area contributed by atoms with Crippen LogP contribution in [0.5, 0.6) is 0 Å². The quantitative estimate of drug-likeness (QED) is 0.0914. The van der Waals surface area contributed by atoms with Gasteiger partial charge in [0.25, 0.3) is 0 Å². The van der Waals surface area contributed by atoms with Gasteiger partial charge in [-0.2, -0.15) is 26.3 Å². The molecule has 2 heterocycles. The van der Waals surface area contributed by atoms with Crippen molar-refractivity contribution in [2.75, 3.05) is 36.0 Å². The highest BCUT2D eigenvalue weighted by Crippen LogP contribution is 2.66. The molecule has 0 atom stereocenters. The van der Waals surface area contributed by atoms with E-state index < -0.39 is 40.0 Å². The smallest absolute Gasteiger partial charge is 0.380 e. The highest BCUT2D eigenvalue weighted by molar-refractivity contribution is 6.11. The van der Waals surface area contributed by atoms with Gasteiger partial charge in [-0.25, -0.2) is 0 Å². The molecule has 0 aliphatic heterocycles. The molecular formula is C47H44F6N2O2. The number of benzene rings is 4. The fourth-order valence-electron chi connectivity index (χ4n) is 7.84. The molecule has 10 heteroatoms. The molecule has 2 aromatic heterocycles. The molecule has 4 aromatic carbocycles. The van der Waals surface area contributed by atoms with E-state index in [4.69, 9.17) is 8.83 Å². The van der Waals surface area contributed by atoms with Gasteiger partial charge < -0.3 is 18.6 Å². The van der Waals surface area contributed by atoms with E-state index in [1.807, 2.05) is 60.7 Å². The lowest BCUT2D eigenvalue weighted by Crippen LogP contribution is -2.49. The minimum Gasteiger partial charge on any atom is -0.461 e. The molecule has 1 aliphatic rings. The maximum absolute atomic E-state index is 16.1. The number of anilines is 2. The summed E-state index contributed by atoms with van der Waals surface area (Å²) in [7, 11) is 0. The molecule has 6 aromatic rings. The number of alkyl halides is 6. The number of rotatable bonds is 12. The first kappa shape index (κ1) is 39.6. The first-order valence-electron chi connectivity index (χ1n) is 19.2. The van der Waals surface area contributed by atoms with Crippen LogP contribution >= 0.6 is 0 Å². The Bertz CT molecular complexity index is 2340. The van der Waals surface area contributed by atoms with Gasteiger partial charge in [0.1, 0.15) is 22.7 Å². The summed E-state index contributed by atoms with van der Waals surface area (Å²) in [5.41, 5.74) is 1.53. The van der Waals surface area contributed by atoms with Crippen molar-refractivity contribution in [3.05, 3.63) is 130 Å². The van der Waals surface area contributed by atoms with Crippen molar-refractivity contribution in [3.8, 4) is 0 Å². The topological polar surface area (TPSA) is 32.8 Å². The SMILES string of the molecule is CCN(CC)c1ccc(/C=C/c2ccc3c(C4=C(c5c(C)oc6cc(/C=C/c7ccc(N(CC)CC)cc7)ccc56)C(F)(F)C(F)(F)C4(F)F)c(C)oc3c2)cc1. The predicted molar refractivity (Wildman–Crippen MR) is 221 cm³/mol. The molecule has 0 amide bonds. The van der Waals surface area contributed by atoms with Crippen molar-refractivity contribution in [2.45, 2.75) is 59.3 Å². The van der Waals surface area contributed by atoms with Crippen LogP contribution in [0.1, 0.15) is 72.6 Å². The van der Waals surface area contributed by atoms with E-state index in [2.05, 4.69) is 37.5 Å². The standard InChI is InChI=1S/C47H44F6N2O2/c1-7-54(8-2)35-21-15-31(16-22-35)11-13-33-19-25-37-39(27-33)56-29(5)41(37)43-44(46(50,51)47(52,53)45(43,48)49)42-30(6)57-40-28-34(20-26-38(40)42)14-12-32-17-23-36(24-18-32)55(9-3)10-4/h11-28H,7-10H2,1-6H3/b13-11+,14-12+. The molecular weight excluding hydrogens is 739 g/mol. The molecule has 0 unspecified atom stereocenters. The molecule has 0 saturated carbocycles. The number of aryl methyl sites for hydroxylation is 2. The monoisotopic (exact) mass is 782 g/mol. The van der Waals surface area contributed by atoms with Crippen molar-refractivity contribution < 1.29 is 35.2 Å². The number of hydrogen-bond donors (Lipinski definition) is 0. The summed E-state index contributed by atoms with van der Waals surface area (Å²) in [6, 6.07) is 25.2. The van der Waals surface area contributed by atoms with Crippen LogP contribution in [0.2, 0.25) is 0 Å². The summed E-state index contributed by atoms with van der Waals surface area (Å²) in [5, 5.41) is 0.0220. The lowest BCUT2D eigenvalue weighted by Gasteiger charge is -2.25. The number of hydrogen-bond acceptors (Lipinski definition) is 4. The van der Waals surface area contributed by atoms with E-state index in [0.29, 0.717) is 11.1 Å². The van der Waals surface area contributed by atoms with Crippen LogP contribution < -0.4 is 9.80 Å². The normalized spacial score (nSPS) is 16.2. The van der Waals surface area contributed by atoms with Crippen molar-refractivity contribution >= 4 is 68.8 Å². The van der Waals surface area contributed by atoms with Gasteiger partial charge >= 0.3 is 17.8 Å². The van der Waals surface area contributed by atoms with E-state index in [1.165, 1.54) is 26.0 Å². The molecule has 296 valence electrons. The van der Waals surface area contributed by atoms with Gasteiger partial charge in [-0.05, 0) is 112 Å². The molecule has 0 N–H and O–H groups in total. The second-order valence-corrected chi connectivity index (χ2v) is 14.2. The van der Waals surface area contributed by atoms with Crippen molar-refractivity contribution in [2.24, 2.45) is 0 Å². The molecule has 0 bridgehead atoms. The minimum absolute atomic E-state index is 0.0110. The summed E-state index contributed by atoms with van der Waals surface area (Å²) >= 11 is 0. The van der Waals surface area contributed by atoms with Crippen LogP contribution in [-0.2, 0) is 0 Å². The third-order valence-electron chi connectivity index (χ3n) is 10.9. The van der Waals surface area contributed by atoms with Crippen molar-refractivity contribution in [1.29, 1.82) is 0 Å². The van der Waals surface area contributed by atoms with Crippen molar-refractivity contribution in [1.82, 2.24) is 0 Å². The number of fused-ring (bicyclic) bond motifs is 2. The maximum atomic E-state index is 16.1. The van der Waals surface area contributed by atoms with Gasteiger partial charge in [-0.1, -0.05) is 60.7 Å². The number of halogens is 6. The molecule has 4 nitrogen and oxygen atoms in total. The zero-order valence-corrected chi connectivity index (χ0v) is 32.7. The summed E-state index contributed by atoms with van der Waals surface area (Å²) in [6.07, 6.45) is 7.34. The molecule has 1 aliphatic carbocycles. The summed E-state index contributed by atoms with van der Waals surface area (Å²) in [4.78, 5) is 4.44. The number of furan rings is 2. The molecule has 7 rings (SSSR count). The highest BCUT2D eigenvalue weighted by Gasteiger charge is 2.81. The zero-order valence-electron chi connectivity index (χ0n) is 32.7. The van der Waals surface area contributed by atoms with E-state index in [1.54, 1.807) is 36.4 Å². The van der Waals surface area contributed by atoms with Crippen LogP contribution in [0.15, 0.2) is 93.8 Å². The van der Waals surface area contributed by atoms with E-state index in [-0.39, 0.29) is 33.5 Å². The third-order valence-corrected chi connectivity index (χ3v) is 10.9. The van der Waals surface area contributed by atoms with Crippen LogP contribution in [0.25, 0.3) is 57.4 Å². The van der Waals surface area contributed by atoms with Gasteiger partial charge in [0.2, 0.25) is 0 Å². The van der Waals surface area contributed by atoms with E-state index in [9.17, 15) is 0 Å². The second-order valence-electron chi connectivity index (χ2n) is 14.2. The molecule has 57 heavy (non-hydrogen) atoms. The van der Waals surface area contributed by atoms with E-state index >= 15 is 26.3 Å². The van der Waals surface area contributed by atoms with Crippen LogP contribution in [0, 0.1) is 13.8 Å². The minimum atomic E-state index is -5.75. The predicted octanol–water partition coefficient (Wildman–Crippen LogP) is 13.7. The van der Waals surface area contributed by atoms with E-state index in [0.717, 1.165) is 48.7 Å². The average Bonchev–Trinajstić information content (AvgIpc) is 3.72. The number of allylic oxidation sites excluding steroid dienone is 2. The van der Waals surface area contributed by atoms with Crippen LogP contribution in [-0.4, -0.2) is 43.9 Å². The Kier molecular flexibility index (Phi) is 10.4. The summed E-state index contributed by atoms with van der Waals surface area (Å²) < 4.78 is 107. The highest BCUT2D eigenvalue weighted by atomic mass is 19.3. The molecule has 0 radical (unpaired) electrons. The van der Waals surface area contributed by atoms with Crippen molar-refractivity contribution in [3.63, 3.8) is 0 Å². The Morgan fingerprint density at radius 1 is 0.474 bits per heavy atom. The Morgan fingerprint density at radius 3 is 1.12 bits per heavy atom. The first-order valence-corrected chi connectivity index (χ1v) is 19.2. The van der Waals surface area contributed by atoms with Gasteiger partial charge in [0.15, 0.2) is 0 Å². The fraction of sp³-hybridized carbons (Fsp3) is 0.277. The Labute approximate surface area is 328 Å². The Morgan fingerprint density at radius 2 is 0.789 bits per heavy atom. The number of nitrogens with zero attached hydrogens (tertiary/aromatic N) is 2. The zero-order chi connectivity index (χ0) is 40.9. The van der Waals surface area contributed by atoms with Gasteiger partial charge in [0, 0.05) is 70.6 Å². The first-order chi connectivity index (χ1) is 27.2. The average molecular weight is 783 g/mol. The van der Waals surface area contributed by atoms with Gasteiger partial charge in [-0.3, -0.25) is 0 Å². The lowest BCUT2D eigenvalue weighted by molar-refractivity contribution is -0.254. The molecule has 0 saturated heterocycles. The summed E-state index contributed by atoms with van der Waals surface area (Å²) in [5.74, 6) is -16.7.